The monoisotopic (exact) mass is 580 g/mol. The van der Waals surface area contributed by atoms with Crippen molar-refractivity contribution < 1.29 is 23.9 Å². The average Bonchev–Trinajstić information content (AvgIpc) is 2.86. The van der Waals surface area contributed by atoms with E-state index in [1.165, 1.54) is 4.90 Å². The fourth-order valence-electron chi connectivity index (χ4n) is 4.73. The summed E-state index contributed by atoms with van der Waals surface area (Å²) in [7, 11) is 0. The first-order valence-electron chi connectivity index (χ1n) is 14.5. The number of primary amides is 1. The van der Waals surface area contributed by atoms with Crippen LogP contribution in [0.15, 0.2) is 42.5 Å². The summed E-state index contributed by atoms with van der Waals surface area (Å²) in [6.07, 6.45) is 0.0797. The van der Waals surface area contributed by atoms with E-state index in [1.54, 1.807) is 20.8 Å². The molecule has 0 saturated heterocycles. The Hall–Kier alpha value is -3.88. The van der Waals surface area contributed by atoms with Gasteiger partial charge in [-0.05, 0) is 83.9 Å². The number of carbonyl (C=O) groups is 4. The Bertz CT molecular complexity index is 1230. The summed E-state index contributed by atoms with van der Waals surface area (Å²) in [5.41, 5.74) is 8.73. The number of anilines is 1. The van der Waals surface area contributed by atoms with Crippen molar-refractivity contribution in [1.82, 2.24) is 10.2 Å². The number of rotatable bonds is 12. The largest absolute Gasteiger partial charge is 0.444 e. The van der Waals surface area contributed by atoms with Crippen LogP contribution in [0.3, 0.4) is 0 Å². The highest BCUT2D eigenvalue weighted by Crippen LogP contribution is 2.30. The van der Waals surface area contributed by atoms with E-state index in [1.807, 2.05) is 70.2 Å². The minimum Gasteiger partial charge on any atom is -0.444 e. The lowest BCUT2D eigenvalue weighted by atomic mass is 9.96. The van der Waals surface area contributed by atoms with E-state index in [-0.39, 0.29) is 0 Å². The molecule has 4 N–H and O–H groups in total. The van der Waals surface area contributed by atoms with Gasteiger partial charge in [0.1, 0.15) is 17.7 Å². The molecule has 2 rings (SSSR count). The van der Waals surface area contributed by atoms with E-state index < -0.39 is 54.0 Å². The van der Waals surface area contributed by atoms with Crippen LogP contribution < -0.4 is 16.4 Å². The Labute approximate surface area is 250 Å². The van der Waals surface area contributed by atoms with Crippen molar-refractivity contribution >= 4 is 29.5 Å². The number of amides is 4. The molecule has 0 spiro atoms. The summed E-state index contributed by atoms with van der Waals surface area (Å²) in [4.78, 5) is 55.0. The lowest BCUT2D eigenvalue weighted by Gasteiger charge is -2.39. The van der Waals surface area contributed by atoms with E-state index in [4.69, 9.17) is 10.5 Å². The van der Waals surface area contributed by atoms with E-state index in [2.05, 4.69) is 24.5 Å². The number of hydrogen-bond acceptors (Lipinski definition) is 5. The van der Waals surface area contributed by atoms with Crippen molar-refractivity contribution in [2.75, 3.05) is 5.32 Å². The van der Waals surface area contributed by atoms with Gasteiger partial charge in [0.2, 0.25) is 11.8 Å². The van der Waals surface area contributed by atoms with Crippen molar-refractivity contribution in [2.24, 2.45) is 11.7 Å². The van der Waals surface area contributed by atoms with Crippen LogP contribution in [0.2, 0.25) is 0 Å². The molecule has 0 heterocycles. The highest BCUT2D eigenvalue weighted by atomic mass is 16.6. The maximum atomic E-state index is 14.4. The summed E-state index contributed by atoms with van der Waals surface area (Å²) in [6.45, 7) is 16.9. The Balaban J connectivity index is 2.67. The van der Waals surface area contributed by atoms with Crippen molar-refractivity contribution in [3.05, 3.63) is 64.7 Å². The van der Waals surface area contributed by atoms with E-state index >= 15 is 0 Å². The van der Waals surface area contributed by atoms with Gasteiger partial charge in [-0.2, -0.15) is 0 Å². The second-order valence-electron chi connectivity index (χ2n) is 12.5. The fraction of sp³-hybridized carbons (Fsp3) is 0.515. The summed E-state index contributed by atoms with van der Waals surface area (Å²) < 4.78 is 5.38. The van der Waals surface area contributed by atoms with Crippen LogP contribution in [-0.4, -0.2) is 46.4 Å². The van der Waals surface area contributed by atoms with Gasteiger partial charge in [-0.1, -0.05) is 61.9 Å². The van der Waals surface area contributed by atoms with Crippen LogP contribution in [-0.2, 0) is 19.1 Å². The van der Waals surface area contributed by atoms with Gasteiger partial charge in [-0.15, -0.1) is 0 Å². The quantitative estimate of drug-likeness (QED) is 0.296. The average molecular weight is 581 g/mol. The molecule has 0 aliphatic heterocycles. The van der Waals surface area contributed by atoms with E-state index in [9.17, 15) is 19.2 Å². The van der Waals surface area contributed by atoms with Crippen molar-refractivity contribution in [3.8, 4) is 0 Å². The van der Waals surface area contributed by atoms with Crippen LogP contribution in [0, 0.1) is 26.7 Å². The fourth-order valence-corrected chi connectivity index (χ4v) is 4.73. The zero-order valence-corrected chi connectivity index (χ0v) is 26.5. The molecule has 0 bridgehead atoms. The van der Waals surface area contributed by atoms with Gasteiger partial charge in [0.15, 0.2) is 0 Å². The third-order valence-corrected chi connectivity index (χ3v) is 6.93. The van der Waals surface area contributed by atoms with Gasteiger partial charge in [0.05, 0.1) is 6.42 Å². The zero-order chi connectivity index (χ0) is 31.8. The SMILES string of the molecule is Cc1ccc(C(C(=O)Nc2c(C)cccc2C)N(C(=O)C(CC(N)=O)NC(=O)OC(C)(C)C)C(C)CCC(C)C)cc1. The molecule has 230 valence electrons. The molecule has 9 heteroatoms. The number of aryl methyl sites for hydroxylation is 3. The van der Waals surface area contributed by atoms with Crippen LogP contribution >= 0.6 is 0 Å². The van der Waals surface area contributed by atoms with E-state index in [0.29, 0.717) is 23.6 Å². The topological polar surface area (TPSA) is 131 Å². The standard InChI is InChI=1S/C33H48N4O5/c1-20(2)13-16-24(6)37(31(40)26(19-27(34)38)35-32(41)42-33(7,8)9)29(25-17-14-21(3)15-18-25)30(39)36-28-22(4)11-10-12-23(28)5/h10-12,14-15,17-18,20,24,26,29H,13,16,19H2,1-9H3,(H2,34,38)(H,35,41)(H,36,39). The molecule has 42 heavy (non-hydrogen) atoms. The molecule has 0 aromatic heterocycles. The van der Waals surface area contributed by atoms with E-state index in [0.717, 1.165) is 23.1 Å². The normalized spacial score (nSPS) is 13.6. The minimum atomic E-state index is -1.33. The summed E-state index contributed by atoms with van der Waals surface area (Å²) in [5.74, 6) is -1.42. The zero-order valence-electron chi connectivity index (χ0n) is 26.5. The van der Waals surface area contributed by atoms with Crippen molar-refractivity contribution in [2.45, 2.75) is 105 Å². The maximum Gasteiger partial charge on any atom is 0.408 e. The van der Waals surface area contributed by atoms with Crippen molar-refractivity contribution in [3.63, 3.8) is 0 Å². The molecule has 9 nitrogen and oxygen atoms in total. The maximum absolute atomic E-state index is 14.4. The third kappa shape index (κ3) is 10.2. The number of benzene rings is 2. The molecule has 0 aliphatic carbocycles. The number of nitrogens with two attached hydrogens (primary N) is 1. The summed E-state index contributed by atoms with van der Waals surface area (Å²) in [5, 5.41) is 5.60. The number of nitrogens with one attached hydrogen (secondary N) is 2. The molecule has 3 unspecified atom stereocenters. The first-order chi connectivity index (χ1) is 19.5. The van der Waals surface area contributed by atoms with Gasteiger partial charge in [0, 0.05) is 11.7 Å². The van der Waals surface area contributed by atoms with Gasteiger partial charge in [-0.25, -0.2) is 4.79 Å². The van der Waals surface area contributed by atoms with Crippen LogP contribution in [0.4, 0.5) is 10.5 Å². The first kappa shape index (κ1) is 34.3. The van der Waals surface area contributed by atoms with Gasteiger partial charge in [-0.3, -0.25) is 14.4 Å². The first-order valence-corrected chi connectivity index (χ1v) is 14.5. The molecule has 0 aliphatic rings. The lowest BCUT2D eigenvalue weighted by molar-refractivity contribution is -0.144. The Morgan fingerprint density at radius 2 is 1.48 bits per heavy atom. The summed E-state index contributed by atoms with van der Waals surface area (Å²) in [6, 6.07) is 10.3. The number of para-hydroxylation sites is 1. The second-order valence-corrected chi connectivity index (χ2v) is 12.5. The molecular weight excluding hydrogens is 532 g/mol. The number of ether oxygens (including phenoxy) is 1. The van der Waals surface area contributed by atoms with Crippen LogP contribution in [0.5, 0.6) is 0 Å². The molecule has 2 aromatic carbocycles. The van der Waals surface area contributed by atoms with Crippen LogP contribution in [0.25, 0.3) is 0 Å². The molecule has 0 saturated carbocycles. The highest BCUT2D eigenvalue weighted by Gasteiger charge is 2.39. The Morgan fingerprint density at radius 3 is 1.98 bits per heavy atom. The predicted octanol–water partition coefficient (Wildman–Crippen LogP) is 5.71. The number of carbonyl (C=O) groups excluding carboxylic acids is 4. The third-order valence-electron chi connectivity index (χ3n) is 6.93. The summed E-state index contributed by atoms with van der Waals surface area (Å²) >= 11 is 0. The van der Waals surface area contributed by atoms with Gasteiger partial charge < -0.3 is 26.0 Å². The Morgan fingerprint density at radius 1 is 0.905 bits per heavy atom. The molecular formula is C33H48N4O5. The predicted molar refractivity (Wildman–Crippen MR) is 166 cm³/mol. The van der Waals surface area contributed by atoms with Gasteiger partial charge in [0.25, 0.3) is 5.91 Å². The number of nitrogens with zero attached hydrogens (tertiary/aromatic N) is 1. The Kier molecular flexibility index (Phi) is 12.1. The highest BCUT2D eigenvalue weighted by molar-refractivity contribution is 6.00. The second kappa shape index (κ2) is 14.8. The number of hydrogen-bond donors (Lipinski definition) is 3. The number of alkyl carbamates (subject to hydrolysis) is 1. The van der Waals surface area contributed by atoms with Gasteiger partial charge >= 0.3 is 6.09 Å². The molecule has 0 radical (unpaired) electrons. The molecule has 4 amide bonds. The smallest absolute Gasteiger partial charge is 0.408 e. The lowest BCUT2D eigenvalue weighted by Crippen LogP contribution is -2.55. The molecule has 2 aromatic rings. The molecule has 0 fully saturated rings. The minimum absolute atomic E-state index is 0.354. The molecule has 3 atom stereocenters. The van der Waals surface area contributed by atoms with Crippen molar-refractivity contribution in [1.29, 1.82) is 0 Å². The van der Waals surface area contributed by atoms with Crippen LogP contribution in [0.1, 0.15) is 89.1 Å².